The second-order valence-electron chi connectivity index (χ2n) is 8.34. The Labute approximate surface area is 183 Å². The average Bonchev–Trinajstić information content (AvgIpc) is 3.29. The smallest absolute Gasteiger partial charge is 0.264 e. The summed E-state index contributed by atoms with van der Waals surface area (Å²) in [4.78, 5) is 32.5. The van der Waals surface area contributed by atoms with Crippen LogP contribution in [0.15, 0.2) is 34.2 Å². The van der Waals surface area contributed by atoms with Gasteiger partial charge >= 0.3 is 0 Å². The van der Waals surface area contributed by atoms with E-state index in [1.807, 2.05) is 32.9 Å². The Morgan fingerprint density at radius 3 is 2.70 bits per heavy atom. The van der Waals surface area contributed by atoms with Crippen molar-refractivity contribution in [1.29, 1.82) is 0 Å². The number of halogens is 1. The molecule has 1 N–H and O–H groups in total. The van der Waals surface area contributed by atoms with E-state index in [4.69, 9.17) is 4.84 Å². The highest BCUT2D eigenvalue weighted by atomic mass is 79.9. The van der Waals surface area contributed by atoms with Crippen LogP contribution < -0.4 is 5.32 Å². The van der Waals surface area contributed by atoms with Crippen LogP contribution in [0.25, 0.3) is 0 Å². The maximum absolute atomic E-state index is 12.8. The minimum Gasteiger partial charge on any atom is -0.382 e. The van der Waals surface area contributed by atoms with E-state index in [2.05, 4.69) is 37.6 Å². The lowest BCUT2D eigenvalue weighted by molar-refractivity contribution is -0.134. The molecule has 2 amide bonds. The van der Waals surface area contributed by atoms with Gasteiger partial charge in [0, 0.05) is 32.1 Å². The summed E-state index contributed by atoms with van der Waals surface area (Å²) in [7, 11) is 1.76. The monoisotopic (exact) mass is 473 g/mol. The van der Waals surface area contributed by atoms with E-state index in [0.29, 0.717) is 29.7 Å². The van der Waals surface area contributed by atoms with E-state index in [-0.39, 0.29) is 11.8 Å². The van der Waals surface area contributed by atoms with Gasteiger partial charge in [0.2, 0.25) is 6.10 Å². The third-order valence-electron chi connectivity index (χ3n) is 5.55. The fraction of sp³-hybridized carbons (Fsp3) is 0.429. The van der Waals surface area contributed by atoms with Crippen molar-refractivity contribution in [1.82, 2.24) is 20.0 Å². The first-order valence-corrected chi connectivity index (χ1v) is 10.6. The Morgan fingerprint density at radius 1 is 1.30 bits per heavy atom. The zero-order valence-electron chi connectivity index (χ0n) is 17.4. The minimum absolute atomic E-state index is 0.112. The number of carbonyl (C=O) groups is 2. The molecule has 2 aromatic rings. The summed E-state index contributed by atoms with van der Waals surface area (Å²) in [5.74, 6) is -0.324. The van der Waals surface area contributed by atoms with Gasteiger partial charge in [0.25, 0.3) is 11.8 Å². The van der Waals surface area contributed by atoms with Crippen molar-refractivity contribution in [2.24, 2.45) is 12.2 Å². The zero-order valence-corrected chi connectivity index (χ0v) is 19.0. The Bertz CT molecular complexity index is 1050. The molecule has 0 spiro atoms. The molecule has 4 rings (SSSR count). The second kappa shape index (κ2) is 7.54. The average molecular weight is 474 g/mol. The Kier molecular flexibility index (Phi) is 5.17. The summed E-state index contributed by atoms with van der Waals surface area (Å²) in [6.07, 6.45) is 1.31. The summed E-state index contributed by atoms with van der Waals surface area (Å²) in [6, 6.07) is 6.15. The van der Waals surface area contributed by atoms with E-state index in [1.54, 1.807) is 22.8 Å². The van der Waals surface area contributed by atoms with Crippen LogP contribution in [0.3, 0.4) is 0 Å². The molecular weight excluding hydrogens is 450 g/mol. The molecule has 1 atom stereocenters. The topological polar surface area (TPSA) is 88.8 Å². The maximum atomic E-state index is 12.8. The molecule has 0 saturated carbocycles. The number of aryl methyl sites for hydroxylation is 3. The summed E-state index contributed by atoms with van der Waals surface area (Å²) in [5, 5.41) is 11.3. The number of carbonyl (C=O) groups excluding carboxylic acids is 2. The summed E-state index contributed by atoms with van der Waals surface area (Å²) < 4.78 is 2.24. The van der Waals surface area contributed by atoms with E-state index in [0.717, 1.165) is 22.4 Å². The molecule has 158 valence electrons. The Hall–Kier alpha value is -2.68. The number of likely N-dealkylation sites (tertiary alicyclic amines) is 1. The van der Waals surface area contributed by atoms with Gasteiger partial charge in [-0.25, -0.2) is 0 Å². The van der Waals surface area contributed by atoms with Crippen molar-refractivity contribution < 1.29 is 14.4 Å². The number of hydrogen-bond donors (Lipinski definition) is 1. The molecule has 0 bridgehead atoms. The van der Waals surface area contributed by atoms with Crippen LogP contribution in [-0.4, -0.2) is 56.9 Å². The zero-order chi connectivity index (χ0) is 21.6. The quantitative estimate of drug-likeness (QED) is 0.737. The molecule has 1 fully saturated rings. The lowest BCUT2D eigenvalue weighted by Gasteiger charge is -2.48. The van der Waals surface area contributed by atoms with Crippen LogP contribution in [0.2, 0.25) is 0 Å². The lowest BCUT2D eigenvalue weighted by atomic mass is 9.90. The summed E-state index contributed by atoms with van der Waals surface area (Å²) in [6.45, 7) is 6.82. The molecule has 1 aromatic heterocycles. The van der Waals surface area contributed by atoms with Crippen LogP contribution in [0.5, 0.6) is 0 Å². The number of hydrogen-bond acceptors (Lipinski definition) is 5. The van der Waals surface area contributed by atoms with Crippen LogP contribution >= 0.6 is 15.9 Å². The van der Waals surface area contributed by atoms with Gasteiger partial charge in [0.05, 0.1) is 23.0 Å². The van der Waals surface area contributed by atoms with Gasteiger partial charge in [-0.1, -0.05) is 22.9 Å². The highest BCUT2D eigenvalue weighted by Gasteiger charge is 2.45. The van der Waals surface area contributed by atoms with Gasteiger partial charge in [-0.3, -0.25) is 14.3 Å². The summed E-state index contributed by atoms with van der Waals surface area (Å²) in [5.41, 5.74) is 4.06. The summed E-state index contributed by atoms with van der Waals surface area (Å²) >= 11 is 3.37. The van der Waals surface area contributed by atoms with Gasteiger partial charge in [0.15, 0.2) is 0 Å². The minimum atomic E-state index is -0.658. The Balaban J connectivity index is 1.34. The molecule has 30 heavy (non-hydrogen) atoms. The lowest BCUT2D eigenvalue weighted by Crippen LogP contribution is -2.70. The van der Waals surface area contributed by atoms with Gasteiger partial charge in [-0.2, -0.15) is 5.10 Å². The molecule has 3 heterocycles. The fourth-order valence-corrected chi connectivity index (χ4v) is 4.22. The van der Waals surface area contributed by atoms with E-state index in [1.165, 1.54) is 0 Å². The second-order valence-corrected chi connectivity index (χ2v) is 9.09. The van der Waals surface area contributed by atoms with Crippen LogP contribution in [0, 0.1) is 13.8 Å². The molecule has 2 aliphatic heterocycles. The van der Waals surface area contributed by atoms with Crippen molar-refractivity contribution in [3.05, 3.63) is 51.3 Å². The van der Waals surface area contributed by atoms with Gasteiger partial charge < -0.3 is 15.1 Å². The maximum Gasteiger partial charge on any atom is 0.264 e. The highest BCUT2D eigenvalue weighted by molar-refractivity contribution is 9.10. The van der Waals surface area contributed by atoms with E-state index < -0.39 is 11.6 Å². The first-order chi connectivity index (χ1) is 14.2. The van der Waals surface area contributed by atoms with Crippen LogP contribution in [-0.2, 0) is 16.7 Å². The number of oxime groups is 1. The number of amides is 2. The Morgan fingerprint density at radius 2 is 2.03 bits per heavy atom. The van der Waals surface area contributed by atoms with Crippen molar-refractivity contribution in [2.75, 3.05) is 13.1 Å². The fourth-order valence-electron chi connectivity index (χ4n) is 3.86. The first-order valence-electron chi connectivity index (χ1n) is 9.76. The number of nitrogens with one attached hydrogen (secondary N) is 1. The standard InChI is InChI=1S/C21H24BrN5O3/c1-12-5-6-13(2)14(7-12)16-8-17(30-25-16)19(28)24-21(3)10-27(11-21)20(29)15-9-23-26(4)18(15)22/h5-7,9,17H,8,10-11H2,1-4H3,(H,24,28). The molecular formula is C21H24BrN5O3. The van der Waals surface area contributed by atoms with Crippen LogP contribution in [0.4, 0.5) is 0 Å². The van der Waals surface area contributed by atoms with Crippen molar-refractivity contribution in [3.63, 3.8) is 0 Å². The molecule has 8 nitrogen and oxygen atoms in total. The predicted octanol–water partition coefficient (Wildman–Crippen LogP) is 2.32. The first kappa shape index (κ1) is 20.6. The number of benzene rings is 1. The van der Waals surface area contributed by atoms with Gasteiger partial charge in [-0.15, -0.1) is 0 Å². The van der Waals surface area contributed by atoms with Crippen molar-refractivity contribution >= 4 is 33.5 Å². The molecule has 1 aromatic carbocycles. The molecule has 9 heteroatoms. The molecule has 0 radical (unpaired) electrons. The molecule has 1 saturated heterocycles. The van der Waals surface area contributed by atoms with Crippen LogP contribution in [0.1, 0.15) is 40.4 Å². The number of nitrogens with zero attached hydrogens (tertiary/aromatic N) is 4. The largest absolute Gasteiger partial charge is 0.382 e. The molecule has 0 aliphatic carbocycles. The van der Waals surface area contributed by atoms with E-state index >= 15 is 0 Å². The SMILES string of the molecule is Cc1ccc(C)c(C2=NOC(C(=O)NC3(C)CN(C(=O)c4cnn(C)c4Br)C3)C2)c1. The number of aromatic nitrogens is 2. The van der Waals surface area contributed by atoms with Gasteiger partial charge in [-0.05, 0) is 48.3 Å². The van der Waals surface area contributed by atoms with Crippen molar-refractivity contribution in [2.45, 2.75) is 38.8 Å². The molecule has 2 aliphatic rings. The van der Waals surface area contributed by atoms with Crippen molar-refractivity contribution in [3.8, 4) is 0 Å². The normalized spacial score (nSPS) is 19.7. The van der Waals surface area contributed by atoms with E-state index in [9.17, 15) is 9.59 Å². The molecule has 1 unspecified atom stereocenters. The third-order valence-corrected chi connectivity index (χ3v) is 6.49. The third kappa shape index (κ3) is 3.74. The van der Waals surface area contributed by atoms with Gasteiger partial charge in [0.1, 0.15) is 4.60 Å². The number of rotatable bonds is 4. The highest BCUT2D eigenvalue weighted by Crippen LogP contribution is 2.27. The predicted molar refractivity (Wildman–Crippen MR) is 115 cm³/mol.